The first-order valence-corrected chi connectivity index (χ1v) is 6.35. The lowest BCUT2D eigenvalue weighted by Crippen LogP contribution is -2.14. The van der Waals surface area contributed by atoms with E-state index in [4.69, 9.17) is 0 Å². The lowest BCUT2D eigenvalue weighted by Gasteiger charge is -2.08. The number of hydrogen-bond donors (Lipinski definition) is 1. The molecule has 1 heterocycles. The first-order valence-electron chi connectivity index (χ1n) is 5.47. The molecule has 0 spiro atoms. The van der Waals surface area contributed by atoms with Gasteiger partial charge in [-0.3, -0.25) is 0 Å². The van der Waals surface area contributed by atoms with Gasteiger partial charge in [0.2, 0.25) is 0 Å². The van der Waals surface area contributed by atoms with E-state index in [0.29, 0.717) is 12.8 Å². The molecule has 0 radical (unpaired) electrons. The van der Waals surface area contributed by atoms with Crippen LogP contribution < -0.4 is 0 Å². The lowest BCUT2D eigenvalue weighted by atomic mass is 10.0. The van der Waals surface area contributed by atoms with Crippen LogP contribution in [0.5, 0.6) is 0 Å². The van der Waals surface area contributed by atoms with E-state index in [0.717, 1.165) is 16.3 Å². The summed E-state index contributed by atoms with van der Waals surface area (Å²) in [6.07, 6.45) is 0.598. The molecule has 2 aromatic rings. The number of aromatic nitrogens is 1. The summed E-state index contributed by atoms with van der Waals surface area (Å²) in [5, 5.41) is 12.9. The molecule has 0 aliphatic heterocycles. The Hall–Kier alpha value is -1.26. The molecule has 0 saturated carbocycles. The van der Waals surface area contributed by atoms with Gasteiger partial charge in [0.15, 0.2) is 0 Å². The average molecular weight is 251 g/mol. The smallest absolute Gasteiger partial charge is 0.123 e. The molecule has 1 atom stereocenters. The van der Waals surface area contributed by atoms with E-state index in [1.54, 1.807) is 23.5 Å². The van der Waals surface area contributed by atoms with Gasteiger partial charge in [0.25, 0.3) is 0 Å². The fourth-order valence-corrected chi connectivity index (χ4v) is 2.33. The number of hydrogen-bond acceptors (Lipinski definition) is 3. The van der Waals surface area contributed by atoms with Gasteiger partial charge < -0.3 is 5.11 Å². The van der Waals surface area contributed by atoms with Crippen LogP contribution in [0, 0.1) is 12.7 Å². The predicted octanol–water partition coefficient (Wildman–Crippen LogP) is 2.74. The van der Waals surface area contributed by atoms with Crippen molar-refractivity contribution in [1.82, 2.24) is 4.98 Å². The highest BCUT2D eigenvalue weighted by molar-refractivity contribution is 7.09. The van der Waals surface area contributed by atoms with Crippen molar-refractivity contribution in [3.63, 3.8) is 0 Å². The highest BCUT2D eigenvalue weighted by atomic mass is 32.1. The van der Waals surface area contributed by atoms with Gasteiger partial charge in [-0.05, 0) is 31.0 Å². The standard InChI is InChI=1S/C13H14FNOS/c1-9-15-12(8-17-9)7-13(16)6-10-2-4-11(14)5-3-10/h2-5,8,13,16H,6-7H2,1H3. The molecule has 2 rings (SSSR count). The van der Waals surface area contributed by atoms with E-state index in [-0.39, 0.29) is 5.82 Å². The summed E-state index contributed by atoms with van der Waals surface area (Å²) in [5.41, 5.74) is 1.85. The summed E-state index contributed by atoms with van der Waals surface area (Å²) >= 11 is 1.58. The minimum absolute atomic E-state index is 0.252. The SMILES string of the molecule is Cc1nc(CC(O)Cc2ccc(F)cc2)cs1. The highest BCUT2D eigenvalue weighted by Gasteiger charge is 2.09. The Morgan fingerprint density at radius 2 is 2.00 bits per heavy atom. The van der Waals surface area contributed by atoms with Crippen molar-refractivity contribution in [2.75, 3.05) is 0 Å². The van der Waals surface area contributed by atoms with E-state index in [2.05, 4.69) is 4.98 Å². The van der Waals surface area contributed by atoms with Gasteiger partial charge in [-0.15, -0.1) is 11.3 Å². The second-order valence-corrected chi connectivity index (χ2v) is 5.11. The van der Waals surface area contributed by atoms with Gasteiger partial charge in [-0.1, -0.05) is 12.1 Å². The zero-order valence-corrected chi connectivity index (χ0v) is 10.4. The van der Waals surface area contributed by atoms with E-state index in [1.165, 1.54) is 12.1 Å². The molecule has 17 heavy (non-hydrogen) atoms. The largest absolute Gasteiger partial charge is 0.392 e. The Morgan fingerprint density at radius 3 is 2.59 bits per heavy atom. The Labute approximate surface area is 104 Å². The number of rotatable bonds is 4. The third-order valence-corrected chi connectivity index (χ3v) is 3.32. The zero-order valence-electron chi connectivity index (χ0n) is 9.56. The van der Waals surface area contributed by atoms with Gasteiger partial charge in [0.05, 0.1) is 16.8 Å². The van der Waals surface area contributed by atoms with Gasteiger partial charge in [-0.2, -0.15) is 0 Å². The number of thiazole rings is 1. The van der Waals surface area contributed by atoms with Crippen molar-refractivity contribution < 1.29 is 9.50 Å². The summed E-state index contributed by atoms with van der Waals surface area (Å²) in [6, 6.07) is 6.22. The molecule has 0 aliphatic carbocycles. The van der Waals surface area contributed by atoms with Crippen molar-refractivity contribution in [3.8, 4) is 0 Å². The number of benzene rings is 1. The van der Waals surface area contributed by atoms with Crippen LogP contribution in [0.2, 0.25) is 0 Å². The Morgan fingerprint density at radius 1 is 1.29 bits per heavy atom. The van der Waals surface area contributed by atoms with Gasteiger partial charge in [0.1, 0.15) is 5.82 Å². The van der Waals surface area contributed by atoms with Crippen LogP contribution in [0.15, 0.2) is 29.6 Å². The third kappa shape index (κ3) is 3.61. The molecular weight excluding hydrogens is 237 g/mol. The van der Waals surface area contributed by atoms with Crippen molar-refractivity contribution in [2.24, 2.45) is 0 Å². The van der Waals surface area contributed by atoms with Gasteiger partial charge in [0, 0.05) is 11.8 Å². The highest BCUT2D eigenvalue weighted by Crippen LogP contribution is 2.12. The summed E-state index contributed by atoms with van der Waals surface area (Å²) in [5.74, 6) is -0.252. The van der Waals surface area contributed by atoms with Crippen molar-refractivity contribution in [1.29, 1.82) is 0 Å². The Bertz CT molecular complexity index is 480. The number of aliphatic hydroxyl groups excluding tert-OH is 1. The summed E-state index contributed by atoms with van der Waals surface area (Å²) in [7, 11) is 0. The maximum absolute atomic E-state index is 12.7. The molecule has 1 aromatic carbocycles. The maximum atomic E-state index is 12.7. The monoisotopic (exact) mass is 251 g/mol. The van der Waals surface area contributed by atoms with E-state index in [9.17, 15) is 9.50 Å². The second kappa shape index (κ2) is 5.38. The summed E-state index contributed by atoms with van der Waals surface area (Å²) in [6.45, 7) is 1.94. The average Bonchev–Trinajstić information content (AvgIpc) is 2.67. The molecule has 1 unspecified atom stereocenters. The van der Waals surface area contributed by atoms with Crippen molar-refractivity contribution >= 4 is 11.3 Å². The van der Waals surface area contributed by atoms with Gasteiger partial charge in [-0.25, -0.2) is 9.37 Å². The predicted molar refractivity (Wildman–Crippen MR) is 66.7 cm³/mol. The normalized spacial score (nSPS) is 12.6. The van der Waals surface area contributed by atoms with Crippen LogP contribution in [0.1, 0.15) is 16.3 Å². The number of aryl methyl sites for hydroxylation is 1. The molecular formula is C13H14FNOS. The molecule has 90 valence electrons. The van der Waals surface area contributed by atoms with E-state index in [1.807, 2.05) is 12.3 Å². The topological polar surface area (TPSA) is 33.1 Å². The van der Waals surface area contributed by atoms with Crippen LogP contribution in [0.25, 0.3) is 0 Å². The molecule has 0 fully saturated rings. The first kappa shape index (κ1) is 12.2. The van der Waals surface area contributed by atoms with Crippen LogP contribution in [0.3, 0.4) is 0 Å². The first-order chi connectivity index (χ1) is 8.13. The lowest BCUT2D eigenvalue weighted by molar-refractivity contribution is 0.174. The molecule has 1 aromatic heterocycles. The minimum Gasteiger partial charge on any atom is -0.392 e. The van der Waals surface area contributed by atoms with Gasteiger partial charge >= 0.3 is 0 Å². The van der Waals surface area contributed by atoms with Crippen molar-refractivity contribution in [2.45, 2.75) is 25.9 Å². The molecule has 0 saturated heterocycles. The molecule has 1 N–H and O–H groups in total. The fraction of sp³-hybridized carbons (Fsp3) is 0.308. The summed E-state index contributed by atoms with van der Waals surface area (Å²) in [4.78, 5) is 4.30. The third-order valence-electron chi connectivity index (χ3n) is 2.50. The number of nitrogens with zero attached hydrogens (tertiary/aromatic N) is 1. The van der Waals surface area contributed by atoms with Crippen molar-refractivity contribution in [3.05, 3.63) is 51.7 Å². The number of halogens is 1. The summed E-state index contributed by atoms with van der Waals surface area (Å²) < 4.78 is 12.7. The van der Waals surface area contributed by atoms with Crippen LogP contribution in [-0.4, -0.2) is 16.2 Å². The molecule has 0 bridgehead atoms. The van der Waals surface area contributed by atoms with Crippen LogP contribution in [-0.2, 0) is 12.8 Å². The molecule has 2 nitrogen and oxygen atoms in total. The van der Waals surface area contributed by atoms with Crippen LogP contribution in [0.4, 0.5) is 4.39 Å². The van der Waals surface area contributed by atoms with E-state index < -0.39 is 6.10 Å². The molecule has 0 amide bonds. The second-order valence-electron chi connectivity index (χ2n) is 4.05. The Balaban J connectivity index is 1.93. The van der Waals surface area contributed by atoms with Crippen LogP contribution >= 0.6 is 11.3 Å². The molecule has 4 heteroatoms. The maximum Gasteiger partial charge on any atom is 0.123 e. The zero-order chi connectivity index (χ0) is 12.3. The minimum atomic E-state index is -0.470. The van der Waals surface area contributed by atoms with E-state index >= 15 is 0 Å². The number of aliphatic hydroxyl groups is 1. The Kier molecular flexibility index (Phi) is 3.86. The molecule has 0 aliphatic rings. The quantitative estimate of drug-likeness (QED) is 0.906. The fourth-order valence-electron chi connectivity index (χ4n) is 1.71.